The van der Waals surface area contributed by atoms with Crippen molar-refractivity contribution in [3.8, 4) is 11.3 Å². The van der Waals surface area contributed by atoms with Gasteiger partial charge in [-0.1, -0.05) is 44.2 Å². The molecule has 37 heavy (non-hydrogen) atoms. The molecule has 0 atom stereocenters. The third-order valence-electron chi connectivity index (χ3n) is 6.55. The summed E-state index contributed by atoms with van der Waals surface area (Å²) in [6.45, 7) is 6.36. The number of nitrogens with one attached hydrogen (secondary N) is 1. The molecule has 190 valence electrons. The molecule has 3 aromatic heterocycles. The third-order valence-corrected chi connectivity index (χ3v) is 6.55. The Morgan fingerprint density at radius 3 is 2.41 bits per heavy atom. The van der Waals surface area contributed by atoms with Crippen LogP contribution < -0.4 is 16.6 Å². The minimum absolute atomic E-state index is 0.161. The summed E-state index contributed by atoms with van der Waals surface area (Å²) in [5, 5.41) is 9.15. The van der Waals surface area contributed by atoms with Gasteiger partial charge in [-0.25, -0.2) is 4.79 Å². The number of aryl methyl sites for hydroxylation is 1. The van der Waals surface area contributed by atoms with Gasteiger partial charge in [0.2, 0.25) is 5.91 Å². The highest BCUT2D eigenvalue weighted by atomic mass is 16.2. The molecular weight excluding hydrogens is 468 g/mol. The van der Waals surface area contributed by atoms with E-state index in [4.69, 9.17) is 5.10 Å². The highest BCUT2D eigenvalue weighted by Gasteiger charge is 2.23. The summed E-state index contributed by atoms with van der Waals surface area (Å²) in [6, 6.07) is 15.5. The Hall–Kier alpha value is -4.40. The Labute approximate surface area is 213 Å². The van der Waals surface area contributed by atoms with Crippen LogP contribution in [0.3, 0.4) is 0 Å². The first-order valence-corrected chi connectivity index (χ1v) is 12.3. The van der Waals surface area contributed by atoms with Crippen molar-refractivity contribution in [2.45, 2.75) is 33.9 Å². The molecule has 0 radical (unpaired) electrons. The fourth-order valence-corrected chi connectivity index (χ4v) is 4.93. The maximum absolute atomic E-state index is 13.5. The van der Waals surface area contributed by atoms with Crippen LogP contribution in [0.5, 0.6) is 0 Å². The second-order valence-electron chi connectivity index (χ2n) is 9.90. The highest BCUT2D eigenvalue weighted by molar-refractivity contribution is 5.93. The third kappa shape index (κ3) is 4.26. The number of benzene rings is 2. The van der Waals surface area contributed by atoms with Crippen molar-refractivity contribution in [3.63, 3.8) is 0 Å². The lowest BCUT2D eigenvalue weighted by molar-refractivity contribution is -0.114. The lowest BCUT2D eigenvalue weighted by Crippen LogP contribution is -2.38. The number of carbonyl (C=O) groups excluding carboxylic acids is 1. The number of carbonyl (C=O) groups is 1. The van der Waals surface area contributed by atoms with Crippen molar-refractivity contribution in [2.24, 2.45) is 20.0 Å². The molecule has 1 amide bonds. The summed E-state index contributed by atoms with van der Waals surface area (Å²) in [6.07, 6.45) is 2.07. The molecule has 0 bridgehead atoms. The van der Waals surface area contributed by atoms with Crippen LogP contribution in [0.4, 0.5) is 5.69 Å². The van der Waals surface area contributed by atoms with Gasteiger partial charge in [0, 0.05) is 55.9 Å². The summed E-state index contributed by atoms with van der Waals surface area (Å²) in [4.78, 5) is 38.1. The van der Waals surface area contributed by atoms with E-state index in [1.54, 1.807) is 16.7 Å². The van der Waals surface area contributed by atoms with E-state index in [1.807, 2.05) is 49.8 Å². The van der Waals surface area contributed by atoms with E-state index in [2.05, 4.69) is 28.2 Å². The fourth-order valence-electron chi connectivity index (χ4n) is 4.93. The smallest absolute Gasteiger partial charge is 0.332 e. The molecular formula is C28H30N6O3. The van der Waals surface area contributed by atoms with Gasteiger partial charge in [-0.15, -0.1) is 0 Å². The number of hydrogen-bond donors (Lipinski definition) is 1. The van der Waals surface area contributed by atoms with Crippen LogP contribution in [-0.2, 0) is 32.0 Å². The molecule has 0 aliphatic heterocycles. The molecule has 9 heteroatoms. The number of hydrogen-bond acceptors (Lipinski definition) is 4. The van der Waals surface area contributed by atoms with Gasteiger partial charge in [0.05, 0.1) is 12.2 Å². The van der Waals surface area contributed by atoms with Gasteiger partial charge in [-0.05, 0) is 29.7 Å². The van der Waals surface area contributed by atoms with Gasteiger partial charge >= 0.3 is 5.69 Å². The number of para-hydroxylation sites is 1. The van der Waals surface area contributed by atoms with E-state index in [1.165, 1.54) is 14.0 Å². The maximum Gasteiger partial charge on any atom is 0.332 e. The quantitative estimate of drug-likeness (QED) is 0.386. The molecule has 5 aromatic rings. The molecule has 0 saturated heterocycles. The molecule has 5 rings (SSSR count). The van der Waals surface area contributed by atoms with Crippen LogP contribution >= 0.6 is 0 Å². The zero-order chi connectivity index (χ0) is 26.4. The van der Waals surface area contributed by atoms with Gasteiger partial charge in [-0.3, -0.25) is 23.4 Å². The molecule has 0 fully saturated rings. The summed E-state index contributed by atoms with van der Waals surface area (Å²) in [5.41, 5.74) is 3.82. The second-order valence-corrected chi connectivity index (χ2v) is 9.90. The monoisotopic (exact) mass is 498 g/mol. The fraction of sp³-hybridized carbons (Fsp3) is 0.286. The summed E-state index contributed by atoms with van der Waals surface area (Å²) in [5.74, 6) is 0.0211. The van der Waals surface area contributed by atoms with Crippen LogP contribution in [0.25, 0.3) is 33.2 Å². The van der Waals surface area contributed by atoms with E-state index in [0.717, 1.165) is 26.6 Å². The van der Waals surface area contributed by atoms with Crippen LogP contribution in [-0.4, -0.2) is 29.4 Å². The molecule has 0 spiro atoms. The standard InChI is InChI=1S/C28H30N6O3/c1-17(2)14-33-26-24(27(36)32(5)28(33)37)25(19-10-12-21(13-11-19)29-18(3)35)34(30-26)16-20-15-31(4)23-9-7-6-8-22(20)23/h6-13,15,17H,14,16H2,1-5H3,(H,29,35). The highest BCUT2D eigenvalue weighted by Crippen LogP contribution is 2.30. The van der Waals surface area contributed by atoms with Crippen LogP contribution in [0.1, 0.15) is 26.3 Å². The van der Waals surface area contributed by atoms with E-state index >= 15 is 0 Å². The van der Waals surface area contributed by atoms with E-state index in [9.17, 15) is 14.4 Å². The van der Waals surface area contributed by atoms with Gasteiger partial charge < -0.3 is 9.88 Å². The Morgan fingerprint density at radius 2 is 1.73 bits per heavy atom. The van der Waals surface area contributed by atoms with Crippen LogP contribution in [0, 0.1) is 5.92 Å². The second kappa shape index (κ2) is 9.24. The number of anilines is 1. The molecule has 3 heterocycles. The van der Waals surface area contributed by atoms with Crippen molar-refractivity contribution < 1.29 is 4.79 Å². The summed E-state index contributed by atoms with van der Waals surface area (Å²) >= 11 is 0. The predicted octanol–water partition coefficient (Wildman–Crippen LogP) is 3.72. The largest absolute Gasteiger partial charge is 0.350 e. The van der Waals surface area contributed by atoms with Gasteiger partial charge in [-0.2, -0.15) is 5.10 Å². The topological polar surface area (TPSA) is 95.8 Å². The van der Waals surface area contributed by atoms with Gasteiger partial charge in [0.15, 0.2) is 5.65 Å². The van der Waals surface area contributed by atoms with Crippen molar-refractivity contribution in [3.05, 3.63) is 81.1 Å². The van der Waals surface area contributed by atoms with Crippen molar-refractivity contribution in [2.75, 3.05) is 5.32 Å². The van der Waals surface area contributed by atoms with Gasteiger partial charge in [0.1, 0.15) is 5.39 Å². The Morgan fingerprint density at radius 1 is 1.03 bits per heavy atom. The van der Waals surface area contributed by atoms with Gasteiger partial charge in [0.25, 0.3) is 5.56 Å². The van der Waals surface area contributed by atoms with E-state index in [-0.39, 0.29) is 23.1 Å². The Kier molecular flexibility index (Phi) is 6.07. The lowest BCUT2D eigenvalue weighted by atomic mass is 10.1. The number of fused-ring (bicyclic) bond motifs is 2. The molecule has 2 aromatic carbocycles. The number of rotatable bonds is 6. The summed E-state index contributed by atoms with van der Waals surface area (Å²) < 4.78 is 6.64. The average Bonchev–Trinajstić information content (AvgIpc) is 3.39. The van der Waals surface area contributed by atoms with Crippen molar-refractivity contribution >= 4 is 33.5 Å². The molecule has 0 aliphatic rings. The molecule has 9 nitrogen and oxygen atoms in total. The number of nitrogens with zero attached hydrogens (tertiary/aromatic N) is 5. The minimum atomic E-state index is -0.384. The first kappa shape index (κ1) is 24.3. The maximum atomic E-state index is 13.5. The Balaban J connectivity index is 1.79. The number of aromatic nitrogens is 5. The number of amides is 1. The first-order valence-electron chi connectivity index (χ1n) is 12.3. The average molecular weight is 499 g/mol. The van der Waals surface area contributed by atoms with Crippen molar-refractivity contribution in [1.29, 1.82) is 0 Å². The molecule has 0 unspecified atom stereocenters. The van der Waals surface area contributed by atoms with Crippen LogP contribution in [0.2, 0.25) is 0 Å². The first-order chi connectivity index (χ1) is 17.7. The molecule has 0 aliphatic carbocycles. The lowest BCUT2D eigenvalue weighted by Gasteiger charge is -2.11. The molecule has 1 N–H and O–H groups in total. The van der Waals surface area contributed by atoms with Crippen molar-refractivity contribution in [1.82, 2.24) is 23.5 Å². The minimum Gasteiger partial charge on any atom is -0.350 e. The normalized spacial score (nSPS) is 11.6. The predicted molar refractivity (Wildman–Crippen MR) is 146 cm³/mol. The SMILES string of the molecule is CC(=O)Nc1ccc(-c2c3c(=O)n(C)c(=O)n(CC(C)C)c3nn2Cc2cn(C)c3ccccc23)cc1. The van der Waals surface area contributed by atoms with Crippen LogP contribution in [0.15, 0.2) is 64.3 Å². The molecule has 0 saturated carbocycles. The van der Waals surface area contributed by atoms with E-state index in [0.29, 0.717) is 35.5 Å². The summed E-state index contributed by atoms with van der Waals surface area (Å²) in [7, 11) is 3.51. The zero-order valence-corrected chi connectivity index (χ0v) is 21.6. The van der Waals surface area contributed by atoms with E-state index < -0.39 is 0 Å². The Bertz CT molecular complexity index is 1770. The zero-order valence-electron chi connectivity index (χ0n) is 21.6.